The summed E-state index contributed by atoms with van der Waals surface area (Å²) in [5.74, 6) is 0.108. The molecule has 0 aliphatic heterocycles. The van der Waals surface area contributed by atoms with Crippen molar-refractivity contribution in [3.05, 3.63) is 63.6 Å². The number of rotatable bonds is 2. The molecule has 3 rings (SSSR count). The molecule has 0 unspecified atom stereocenters. The first-order valence-corrected chi connectivity index (χ1v) is 8.45. The molecule has 3 aromatic rings. The van der Waals surface area contributed by atoms with Gasteiger partial charge in [0.05, 0.1) is 0 Å². The summed E-state index contributed by atoms with van der Waals surface area (Å²) in [5.41, 5.74) is 2.19. The molecule has 6 heteroatoms. The van der Waals surface area contributed by atoms with Gasteiger partial charge in [0.2, 0.25) is 0 Å². The van der Waals surface area contributed by atoms with E-state index in [1.54, 1.807) is 36.4 Å². The van der Waals surface area contributed by atoms with E-state index in [2.05, 4.69) is 12.6 Å². The summed E-state index contributed by atoms with van der Waals surface area (Å²) in [4.78, 5) is 0.537. The Morgan fingerprint density at radius 2 is 0.958 bits per heavy atom. The van der Waals surface area contributed by atoms with Crippen molar-refractivity contribution in [2.24, 2.45) is 0 Å². The average molecular weight is 398 g/mol. The first-order chi connectivity index (χ1) is 11.4. The third kappa shape index (κ3) is 3.31. The van der Waals surface area contributed by atoms with Gasteiger partial charge in [-0.15, -0.1) is 12.6 Å². The minimum atomic E-state index is 0.0539. The summed E-state index contributed by atoms with van der Waals surface area (Å²) >= 11 is 22.9. The van der Waals surface area contributed by atoms with E-state index in [-0.39, 0.29) is 11.5 Å². The minimum absolute atomic E-state index is 0.0539. The minimum Gasteiger partial charge on any atom is -0.507 e. The van der Waals surface area contributed by atoms with Gasteiger partial charge in [-0.25, -0.2) is 0 Å². The van der Waals surface area contributed by atoms with Crippen LogP contribution in [0.2, 0.25) is 15.1 Å². The molecule has 0 heterocycles. The Bertz CT molecular complexity index is 869. The van der Waals surface area contributed by atoms with Crippen LogP contribution >= 0.6 is 47.4 Å². The maximum absolute atomic E-state index is 10.2. The number of phenolic OH excluding ortho intramolecular Hbond substituents is 2. The van der Waals surface area contributed by atoms with Gasteiger partial charge in [-0.2, -0.15) is 0 Å². The number of hydrogen-bond donors (Lipinski definition) is 3. The van der Waals surface area contributed by atoms with Gasteiger partial charge < -0.3 is 10.2 Å². The van der Waals surface area contributed by atoms with E-state index < -0.39 is 0 Å². The zero-order chi connectivity index (χ0) is 17.4. The van der Waals surface area contributed by atoms with Gasteiger partial charge in [-0.05, 0) is 48.5 Å². The lowest BCUT2D eigenvalue weighted by Crippen LogP contribution is -1.88. The summed E-state index contributed by atoms with van der Waals surface area (Å²) in [6, 6.07) is 12.8. The lowest BCUT2D eigenvalue weighted by molar-refractivity contribution is 0.477. The van der Waals surface area contributed by atoms with Crippen molar-refractivity contribution in [2.45, 2.75) is 4.90 Å². The molecule has 0 aromatic heterocycles. The zero-order valence-corrected chi connectivity index (χ0v) is 15.3. The zero-order valence-electron chi connectivity index (χ0n) is 12.1. The van der Waals surface area contributed by atoms with Gasteiger partial charge >= 0.3 is 0 Å². The Labute approximate surface area is 159 Å². The SMILES string of the molecule is Oc1ccc(Cl)cc1-c1cc(Cl)cc(-c2cc(Cl)ccc2O)c1S. The topological polar surface area (TPSA) is 40.5 Å². The number of aromatic hydroxyl groups is 2. The van der Waals surface area contributed by atoms with Gasteiger partial charge in [0, 0.05) is 42.2 Å². The predicted octanol–water partition coefficient (Wildman–Crippen LogP) is 6.68. The Hall–Kier alpha value is -1.52. The van der Waals surface area contributed by atoms with E-state index in [9.17, 15) is 10.2 Å². The number of benzene rings is 3. The second kappa shape index (κ2) is 6.77. The van der Waals surface area contributed by atoms with Crippen LogP contribution in [0.5, 0.6) is 11.5 Å². The van der Waals surface area contributed by atoms with Gasteiger partial charge in [0.15, 0.2) is 0 Å². The first kappa shape index (κ1) is 17.3. The fourth-order valence-electron chi connectivity index (χ4n) is 2.46. The number of phenols is 2. The van der Waals surface area contributed by atoms with Crippen LogP contribution in [0, 0.1) is 0 Å². The van der Waals surface area contributed by atoms with E-state index in [1.165, 1.54) is 12.1 Å². The lowest BCUT2D eigenvalue weighted by atomic mass is 9.97. The summed E-state index contributed by atoms with van der Waals surface area (Å²) in [7, 11) is 0. The highest BCUT2D eigenvalue weighted by molar-refractivity contribution is 7.80. The van der Waals surface area contributed by atoms with E-state index in [0.29, 0.717) is 42.2 Å². The van der Waals surface area contributed by atoms with Crippen LogP contribution in [0.1, 0.15) is 0 Å². The summed E-state index contributed by atoms with van der Waals surface area (Å²) in [6.45, 7) is 0. The molecular weight excluding hydrogens is 387 g/mol. The average Bonchev–Trinajstić information content (AvgIpc) is 2.54. The Balaban J connectivity index is 2.30. The molecule has 0 atom stereocenters. The molecule has 3 aromatic carbocycles. The fraction of sp³-hybridized carbons (Fsp3) is 0. The Kier molecular flexibility index (Phi) is 4.88. The van der Waals surface area contributed by atoms with Crippen LogP contribution in [-0.4, -0.2) is 10.2 Å². The lowest BCUT2D eigenvalue weighted by Gasteiger charge is -2.15. The molecule has 0 saturated heterocycles. The molecule has 2 N–H and O–H groups in total. The van der Waals surface area contributed by atoms with Gasteiger partial charge in [-0.3, -0.25) is 0 Å². The molecule has 0 fully saturated rings. The smallest absolute Gasteiger partial charge is 0.123 e. The van der Waals surface area contributed by atoms with E-state index >= 15 is 0 Å². The van der Waals surface area contributed by atoms with Gasteiger partial charge in [0.25, 0.3) is 0 Å². The van der Waals surface area contributed by atoms with Gasteiger partial charge in [0.1, 0.15) is 11.5 Å². The molecule has 0 amide bonds. The molecule has 2 nitrogen and oxygen atoms in total. The van der Waals surface area contributed by atoms with Crippen molar-refractivity contribution in [2.75, 3.05) is 0 Å². The normalized spacial score (nSPS) is 10.8. The quantitative estimate of drug-likeness (QED) is 0.422. The number of halogens is 3. The number of hydrogen-bond acceptors (Lipinski definition) is 3. The second-order valence-corrected chi connectivity index (χ2v) is 6.93. The van der Waals surface area contributed by atoms with Crippen molar-refractivity contribution in [3.8, 4) is 33.8 Å². The second-order valence-electron chi connectivity index (χ2n) is 5.17. The molecule has 24 heavy (non-hydrogen) atoms. The third-order valence-electron chi connectivity index (χ3n) is 3.57. The molecule has 0 bridgehead atoms. The van der Waals surface area contributed by atoms with Crippen LogP contribution < -0.4 is 0 Å². The highest BCUT2D eigenvalue weighted by Crippen LogP contribution is 2.44. The molecule has 122 valence electrons. The standard InChI is InChI=1S/C18H11Cl3O2S/c19-9-1-3-16(22)12(5-9)14-7-11(21)8-15(18(14)24)13-6-10(20)2-4-17(13)23/h1-8,22-24H. The predicted molar refractivity (Wildman–Crippen MR) is 103 cm³/mol. The van der Waals surface area contributed by atoms with Crippen LogP contribution in [0.4, 0.5) is 0 Å². The number of thiol groups is 1. The van der Waals surface area contributed by atoms with Crippen LogP contribution in [-0.2, 0) is 0 Å². The highest BCUT2D eigenvalue weighted by atomic mass is 35.5. The molecule has 0 radical (unpaired) electrons. The summed E-state index contributed by atoms with van der Waals surface area (Å²) in [6.07, 6.45) is 0. The molecule has 0 aliphatic carbocycles. The monoisotopic (exact) mass is 396 g/mol. The Morgan fingerprint density at radius 1 is 0.583 bits per heavy atom. The van der Waals surface area contributed by atoms with Gasteiger partial charge in [-0.1, -0.05) is 34.8 Å². The van der Waals surface area contributed by atoms with Crippen molar-refractivity contribution in [1.82, 2.24) is 0 Å². The molecule has 0 aliphatic rings. The first-order valence-electron chi connectivity index (χ1n) is 6.87. The Morgan fingerprint density at radius 3 is 1.38 bits per heavy atom. The third-order valence-corrected chi connectivity index (χ3v) is 4.74. The fourth-order valence-corrected chi connectivity index (χ4v) is 3.39. The van der Waals surface area contributed by atoms with E-state index in [0.717, 1.165) is 0 Å². The summed E-state index contributed by atoms with van der Waals surface area (Å²) in [5, 5.41) is 21.7. The molecule has 0 saturated carbocycles. The van der Waals surface area contributed by atoms with Crippen LogP contribution in [0.15, 0.2) is 53.4 Å². The largest absolute Gasteiger partial charge is 0.507 e. The van der Waals surface area contributed by atoms with E-state index in [4.69, 9.17) is 34.8 Å². The van der Waals surface area contributed by atoms with Crippen LogP contribution in [0.25, 0.3) is 22.3 Å². The molecule has 0 spiro atoms. The highest BCUT2D eigenvalue weighted by Gasteiger charge is 2.16. The van der Waals surface area contributed by atoms with Crippen molar-refractivity contribution < 1.29 is 10.2 Å². The van der Waals surface area contributed by atoms with E-state index in [1.807, 2.05) is 0 Å². The van der Waals surface area contributed by atoms with Crippen molar-refractivity contribution >= 4 is 47.4 Å². The maximum Gasteiger partial charge on any atom is 0.123 e. The van der Waals surface area contributed by atoms with Crippen LogP contribution in [0.3, 0.4) is 0 Å². The van der Waals surface area contributed by atoms with Crippen molar-refractivity contribution in [1.29, 1.82) is 0 Å². The maximum atomic E-state index is 10.2. The molecular formula is C18H11Cl3O2S. The van der Waals surface area contributed by atoms with Crippen molar-refractivity contribution in [3.63, 3.8) is 0 Å². The summed E-state index contributed by atoms with van der Waals surface area (Å²) < 4.78 is 0.